The summed E-state index contributed by atoms with van der Waals surface area (Å²) in [4.78, 5) is 14.0. The van der Waals surface area contributed by atoms with E-state index in [1.165, 1.54) is 6.07 Å². The Labute approximate surface area is 123 Å². The van der Waals surface area contributed by atoms with Gasteiger partial charge in [0.2, 0.25) is 0 Å². The Bertz CT molecular complexity index is 497. The van der Waals surface area contributed by atoms with E-state index in [1.807, 2.05) is 0 Å². The molecule has 1 unspecified atom stereocenters. The average molecular weight is 298 g/mol. The van der Waals surface area contributed by atoms with Gasteiger partial charge in [-0.2, -0.15) is 0 Å². The van der Waals surface area contributed by atoms with Gasteiger partial charge in [0, 0.05) is 18.7 Å². The molecular formula is C15H20F2N2O2. The monoisotopic (exact) mass is 298 g/mol. The summed E-state index contributed by atoms with van der Waals surface area (Å²) >= 11 is 0. The molecule has 0 saturated carbocycles. The van der Waals surface area contributed by atoms with Crippen LogP contribution in [0.5, 0.6) is 5.75 Å². The number of hydrogen-bond donors (Lipinski definition) is 1. The summed E-state index contributed by atoms with van der Waals surface area (Å²) in [5.74, 6) is -1.91. The van der Waals surface area contributed by atoms with Gasteiger partial charge in [-0.3, -0.25) is 9.69 Å². The van der Waals surface area contributed by atoms with Crippen LogP contribution < -0.4 is 10.1 Å². The SMILES string of the molecule is CCN1CCCC1CNC(=O)COc1ccc(F)cc1F. The summed E-state index contributed by atoms with van der Waals surface area (Å²) < 4.78 is 31.1. The minimum absolute atomic E-state index is 0.123. The maximum atomic E-state index is 13.3. The number of halogens is 2. The van der Waals surface area contributed by atoms with E-state index in [0.29, 0.717) is 12.6 Å². The van der Waals surface area contributed by atoms with Crippen LogP contribution in [-0.4, -0.2) is 43.1 Å². The first-order valence-electron chi connectivity index (χ1n) is 7.18. The van der Waals surface area contributed by atoms with E-state index in [9.17, 15) is 13.6 Å². The predicted molar refractivity (Wildman–Crippen MR) is 75.1 cm³/mol. The molecule has 0 aromatic heterocycles. The lowest BCUT2D eigenvalue weighted by Crippen LogP contribution is -2.41. The van der Waals surface area contributed by atoms with Crippen molar-refractivity contribution in [2.45, 2.75) is 25.8 Å². The Kier molecular flexibility index (Phi) is 5.50. The van der Waals surface area contributed by atoms with Gasteiger partial charge >= 0.3 is 0 Å². The lowest BCUT2D eigenvalue weighted by Gasteiger charge is -2.22. The Morgan fingerprint density at radius 3 is 3.00 bits per heavy atom. The molecule has 4 nitrogen and oxygen atoms in total. The first-order chi connectivity index (χ1) is 10.1. The third-order valence-electron chi connectivity index (χ3n) is 3.69. The Morgan fingerprint density at radius 2 is 2.29 bits per heavy atom. The standard InChI is InChI=1S/C15H20F2N2O2/c1-2-19-7-3-4-12(19)9-18-15(20)10-21-14-6-5-11(16)8-13(14)17/h5-6,8,12H,2-4,7,9-10H2,1H3,(H,18,20). The molecule has 1 aliphatic heterocycles. The number of likely N-dealkylation sites (tertiary alicyclic amines) is 1. The van der Waals surface area contributed by atoms with E-state index < -0.39 is 11.6 Å². The Hall–Kier alpha value is -1.69. The fourth-order valence-corrected chi connectivity index (χ4v) is 2.56. The van der Waals surface area contributed by atoms with Crippen molar-refractivity contribution < 1.29 is 18.3 Å². The molecule has 1 N–H and O–H groups in total. The summed E-state index contributed by atoms with van der Waals surface area (Å²) in [6.45, 7) is 4.43. The van der Waals surface area contributed by atoms with E-state index in [2.05, 4.69) is 17.1 Å². The van der Waals surface area contributed by atoms with Crippen molar-refractivity contribution in [3.05, 3.63) is 29.8 Å². The van der Waals surface area contributed by atoms with Crippen LogP contribution >= 0.6 is 0 Å². The van der Waals surface area contributed by atoms with E-state index in [-0.39, 0.29) is 18.3 Å². The van der Waals surface area contributed by atoms with Gasteiger partial charge in [-0.05, 0) is 38.1 Å². The van der Waals surface area contributed by atoms with Crippen LogP contribution in [0.25, 0.3) is 0 Å². The molecular weight excluding hydrogens is 278 g/mol. The molecule has 2 rings (SSSR count). The highest BCUT2D eigenvalue weighted by molar-refractivity contribution is 5.77. The largest absolute Gasteiger partial charge is 0.481 e. The fraction of sp³-hybridized carbons (Fsp3) is 0.533. The lowest BCUT2D eigenvalue weighted by atomic mass is 10.2. The number of nitrogens with zero attached hydrogens (tertiary/aromatic N) is 1. The molecule has 1 aliphatic rings. The molecule has 1 aromatic rings. The van der Waals surface area contributed by atoms with Gasteiger partial charge in [0.05, 0.1) is 0 Å². The van der Waals surface area contributed by atoms with Crippen LogP contribution in [0.4, 0.5) is 8.78 Å². The van der Waals surface area contributed by atoms with Crippen LogP contribution in [0.15, 0.2) is 18.2 Å². The number of ether oxygens (including phenoxy) is 1. The molecule has 1 heterocycles. The van der Waals surface area contributed by atoms with Crippen molar-refractivity contribution >= 4 is 5.91 Å². The second-order valence-electron chi connectivity index (χ2n) is 5.09. The van der Waals surface area contributed by atoms with Crippen molar-refractivity contribution in [3.8, 4) is 5.75 Å². The van der Waals surface area contributed by atoms with Gasteiger partial charge in [-0.15, -0.1) is 0 Å². The maximum Gasteiger partial charge on any atom is 0.257 e. The molecule has 21 heavy (non-hydrogen) atoms. The van der Waals surface area contributed by atoms with Crippen LogP contribution in [-0.2, 0) is 4.79 Å². The fourth-order valence-electron chi connectivity index (χ4n) is 2.56. The topological polar surface area (TPSA) is 41.6 Å². The highest BCUT2D eigenvalue weighted by Gasteiger charge is 2.23. The zero-order chi connectivity index (χ0) is 15.2. The molecule has 0 bridgehead atoms. The normalized spacial score (nSPS) is 18.7. The van der Waals surface area contributed by atoms with E-state index in [1.54, 1.807) is 0 Å². The molecule has 0 radical (unpaired) electrons. The van der Waals surface area contributed by atoms with Gasteiger partial charge in [-0.1, -0.05) is 6.92 Å². The number of amides is 1. The minimum Gasteiger partial charge on any atom is -0.481 e. The summed E-state index contributed by atoms with van der Waals surface area (Å²) in [5, 5.41) is 2.79. The van der Waals surface area contributed by atoms with Crippen LogP contribution in [0.2, 0.25) is 0 Å². The zero-order valence-electron chi connectivity index (χ0n) is 12.1. The third-order valence-corrected chi connectivity index (χ3v) is 3.69. The van der Waals surface area contributed by atoms with Gasteiger partial charge in [0.1, 0.15) is 5.82 Å². The molecule has 1 saturated heterocycles. The van der Waals surface area contributed by atoms with Gasteiger partial charge in [0.15, 0.2) is 18.2 Å². The molecule has 1 amide bonds. The van der Waals surface area contributed by atoms with E-state index in [4.69, 9.17) is 4.74 Å². The van der Waals surface area contributed by atoms with Crippen molar-refractivity contribution in [1.29, 1.82) is 0 Å². The number of carbonyl (C=O) groups excluding carboxylic acids is 1. The van der Waals surface area contributed by atoms with Crippen LogP contribution in [0.1, 0.15) is 19.8 Å². The summed E-state index contributed by atoms with van der Waals surface area (Å²) in [5.41, 5.74) is 0. The number of hydrogen-bond acceptors (Lipinski definition) is 3. The molecule has 0 spiro atoms. The van der Waals surface area contributed by atoms with E-state index in [0.717, 1.165) is 38.1 Å². The molecule has 1 atom stereocenters. The maximum absolute atomic E-state index is 13.3. The zero-order valence-corrected chi connectivity index (χ0v) is 12.1. The molecule has 1 fully saturated rings. The van der Waals surface area contributed by atoms with Gasteiger partial charge in [-0.25, -0.2) is 8.78 Å². The second-order valence-corrected chi connectivity index (χ2v) is 5.09. The van der Waals surface area contributed by atoms with Gasteiger partial charge in [0.25, 0.3) is 5.91 Å². The average Bonchev–Trinajstić information content (AvgIpc) is 2.91. The molecule has 0 aliphatic carbocycles. The van der Waals surface area contributed by atoms with Crippen LogP contribution in [0.3, 0.4) is 0 Å². The van der Waals surface area contributed by atoms with E-state index >= 15 is 0 Å². The van der Waals surface area contributed by atoms with Crippen molar-refractivity contribution in [1.82, 2.24) is 10.2 Å². The predicted octanol–water partition coefficient (Wildman–Crippen LogP) is 1.94. The third kappa shape index (κ3) is 4.39. The minimum atomic E-state index is -0.809. The summed E-state index contributed by atoms with van der Waals surface area (Å²) in [6.07, 6.45) is 2.22. The Balaban J connectivity index is 1.74. The lowest BCUT2D eigenvalue weighted by molar-refractivity contribution is -0.123. The van der Waals surface area contributed by atoms with Crippen LogP contribution in [0, 0.1) is 11.6 Å². The summed E-state index contributed by atoms with van der Waals surface area (Å²) in [6, 6.07) is 3.36. The second kappa shape index (κ2) is 7.36. The molecule has 1 aromatic carbocycles. The number of carbonyl (C=O) groups is 1. The number of benzene rings is 1. The highest BCUT2D eigenvalue weighted by atomic mass is 19.1. The number of likely N-dealkylation sites (N-methyl/N-ethyl adjacent to an activating group) is 1. The first kappa shape index (κ1) is 15.7. The van der Waals surface area contributed by atoms with Crippen molar-refractivity contribution in [2.75, 3.05) is 26.2 Å². The number of nitrogens with one attached hydrogen (secondary N) is 1. The smallest absolute Gasteiger partial charge is 0.257 e. The van der Waals surface area contributed by atoms with Gasteiger partial charge < -0.3 is 10.1 Å². The molecule has 116 valence electrons. The highest BCUT2D eigenvalue weighted by Crippen LogP contribution is 2.17. The van der Waals surface area contributed by atoms with Crippen molar-refractivity contribution in [3.63, 3.8) is 0 Å². The summed E-state index contributed by atoms with van der Waals surface area (Å²) in [7, 11) is 0. The quantitative estimate of drug-likeness (QED) is 0.873. The molecule has 6 heteroatoms. The van der Waals surface area contributed by atoms with Crippen molar-refractivity contribution in [2.24, 2.45) is 0 Å². The number of rotatable bonds is 6. The first-order valence-corrected chi connectivity index (χ1v) is 7.18. The Morgan fingerprint density at radius 1 is 1.48 bits per heavy atom.